The van der Waals surface area contributed by atoms with Crippen LogP contribution in [-0.2, 0) is 6.42 Å². The maximum atomic E-state index is 2.70. The van der Waals surface area contributed by atoms with E-state index in [2.05, 4.69) is 70.7 Å². The summed E-state index contributed by atoms with van der Waals surface area (Å²) in [5.74, 6) is 1.79. The van der Waals surface area contributed by atoms with Crippen LogP contribution in [0.5, 0.6) is 0 Å². The molecule has 0 radical (unpaired) electrons. The zero-order chi connectivity index (χ0) is 18.4. The summed E-state index contributed by atoms with van der Waals surface area (Å²) in [5.41, 5.74) is 1.83. The zero-order valence-electron chi connectivity index (χ0n) is 17.3. The van der Waals surface area contributed by atoms with Gasteiger partial charge in [-0.25, -0.2) is 0 Å². The minimum absolute atomic E-state index is 0.338. The van der Waals surface area contributed by atoms with Crippen LogP contribution >= 0.6 is 11.8 Å². The molecule has 2 heteroatoms. The number of nitrogens with zero attached hydrogens (tertiary/aromatic N) is 1. The van der Waals surface area contributed by atoms with Crippen LogP contribution in [0.4, 0.5) is 0 Å². The Bertz CT molecular complexity index is 515. The Morgan fingerprint density at radius 2 is 1.84 bits per heavy atom. The van der Waals surface area contributed by atoms with Gasteiger partial charge in [-0.05, 0) is 73.7 Å². The molecule has 2 rings (SSSR count). The molecule has 142 valence electrons. The lowest BCUT2D eigenvalue weighted by Crippen LogP contribution is -2.41. The van der Waals surface area contributed by atoms with E-state index in [4.69, 9.17) is 0 Å². The summed E-state index contributed by atoms with van der Waals surface area (Å²) in [7, 11) is 0. The molecule has 1 aliphatic heterocycles. The van der Waals surface area contributed by atoms with Crippen molar-refractivity contribution in [2.24, 2.45) is 17.3 Å². The normalized spacial score (nSPS) is 18.7. The van der Waals surface area contributed by atoms with Crippen LogP contribution in [0.3, 0.4) is 0 Å². The number of likely N-dealkylation sites (tertiary alicyclic amines) is 1. The fourth-order valence-electron chi connectivity index (χ4n) is 4.04. The highest BCUT2D eigenvalue weighted by Crippen LogP contribution is 2.31. The first kappa shape index (κ1) is 20.8. The second-order valence-electron chi connectivity index (χ2n) is 9.18. The molecule has 1 saturated heterocycles. The Labute approximate surface area is 161 Å². The Morgan fingerprint density at radius 3 is 2.44 bits per heavy atom. The van der Waals surface area contributed by atoms with Crippen molar-refractivity contribution in [2.75, 3.05) is 19.6 Å². The molecule has 1 heterocycles. The van der Waals surface area contributed by atoms with E-state index in [0.717, 1.165) is 11.8 Å². The van der Waals surface area contributed by atoms with Crippen molar-refractivity contribution in [3.05, 3.63) is 29.8 Å². The highest BCUT2D eigenvalue weighted by Gasteiger charge is 2.27. The minimum Gasteiger partial charge on any atom is -0.303 e. The molecule has 0 aliphatic carbocycles. The van der Waals surface area contributed by atoms with Crippen molar-refractivity contribution in [1.82, 2.24) is 4.90 Å². The molecular formula is C23H39NS. The van der Waals surface area contributed by atoms with Crippen LogP contribution < -0.4 is 0 Å². The number of thioether (sulfide) groups is 1. The first-order valence-corrected chi connectivity index (χ1v) is 11.1. The number of hydrogen-bond donors (Lipinski definition) is 0. The lowest BCUT2D eigenvalue weighted by Gasteiger charge is -2.38. The van der Waals surface area contributed by atoms with Crippen LogP contribution in [0.1, 0.15) is 66.4 Å². The van der Waals surface area contributed by atoms with Gasteiger partial charge in [-0.3, -0.25) is 0 Å². The summed E-state index contributed by atoms with van der Waals surface area (Å²) in [6.45, 7) is 18.0. The summed E-state index contributed by atoms with van der Waals surface area (Å²) >= 11 is 2.01. The second-order valence-corrected chi connectivity index (χ2v) is 10.7. The van der Waals surface area contributed by atoms with Crippen molar-refractivity contribution >= 4 is 11.8 Å². The van der Waals surface area contributed by atoms with Gasteiger partial charge in [0.1, 0.15) is 0 Å². The number of hydrogen-bond acceptors (Lipinski definition) is 2. The average Bonchev–Trinajstić information content (AvgIpc) is 2.54. The minimum atomic E-state index is 0.338. The van der Waals surface area contributed by atoms with Crippen molar-refractivity contribution in [1.29, 1.82) is 0 Å². The van der Waals surface area contributed by atoms with Gasteiger partial charge in [-0.2, -0.15) is 0 Å². The smallest absolute Gasteiger partial charge is 0.00774 e. The molecule has 1 aromatic rings. The molecule has 1 atom stereocenters. The van der Waals surface area contributed by atoms with Crippen molar-refractivity contribution in [3.8, 4) is 0 Å². The summed E-state index contributed by atoms with van der Waals surface area (Å²) in [5, 5.41) is 0.700. The van der Waals surface area contributed by atoms with E-state index in [1.54, 1.807) is 0 Å². The largest absolute Gasteiger partial charge is 0.303 e. The van der Waals surface area contributed by atoms with Gasteiger partial charge >= 0.3 is 0 Å². The summed E-state index contributed by atoms with van der Waals surface area (Å²) < 4.78 is 0. The maximum absolute atomic E-state index is 2.70. The predicted molar refractivity (Wildman–Crippen MR) is 114 cm³/mol. The predicted octanol–water partition coefficient (Wildman–Crippen LogP) is 6.51. The van der Waals surface area contributed by atoms with E-state index in [1.165, 1.54) is 55.8 Å². The molecular weight excluding hydrogens is 322 g/mol. The standard InChI is InChI=1S/C23H39NS/c1-7-19(4)25-22-10-8-9-20(15-22)16-23(5,6)17-24-13-11-21(12-14-24)18(2)3/h8-10,15,18-19,21H,7,11-14,16-17H2,1-6H3. The molecule has 0 bridgehead atoms. The summed E-state index contributed by atoms with van der Waals surface area (Å²) in [6, 6.07) is 9.24. The number of benzene rings is 1. The van der Waals surface area contributed by atoms with E-state index < -0.39 is 0 Å². The number of rotatable bonds is 8. The summed E-state index contributed by atoms with van der Waals surface area (Å²) in [6.07, 6.45) is 5.17. The number of piperidine rings is 1. The van der Waals surface area contributed by atoms with Gasteiger partial charge in [0.15, 0.2) is 0 Å². The van der Waals surface area contributed by atoms with Gasteiger partial charge in [0, 0.05) is 16.7 Å². The van der Waals surface area contributed by atoms with E-state index >= 15 is 0 Å². The lowest BCUT2D eigenvalue weighted by molar-refractivity contribution is 0.113. The molecule has 0 N–H and O–H groups in total. The topological polar surface area (TPSA) is 3.24 Å². The van der Waals surface area contributed by atoms with Crippen LogP contribution in [0, 0.1) is 17.3 Å². The van der Waals surface area contributed by atoms with Gasteiger partial charge in [0.2, 0.25) is 0 Å². The molecule has 0 amide bonds. The van der Waals surface area contributed by atoms with Crippen molar-refractivity contribution < 1.29 is 0 Å². The fourth-order valence-corrected chi connectivity index (χ4v) is 5.04. The zero-order valence-corrected chi connectivity index (χ0v) is 18.2. The molecule has 0 spiro atoms. The summed E-state index contributed by atoms with van der Waals surface area (Å²) in [4.78, 5) is 4.14. The molecule has 0 aromatic heterocycles. The first-order chi connectivity index (χ1) is 11.8. The Balaban J connectivity index is 1.89. The highest BCUT2D eigenvalue weighted by molar-refractivity contribution is 7.99. The lowest BCUT2D eigenvalue weighted by atomic mass is 9.82. The van der Waals surface area contributed by atoms with Crippen LogP contribution in [0.15, 0.2) is 29.2 Å². The molecule has 1 nitrogen and oxygen atoms in total. The maximum Gasteiger partial charge on any atom is 0.00774 e. The highest BCUT2D eigenvalue weighted by atomic mass is 32.2. The van der Waals surface area contributed by atoms with Crippen LogP contribution in [-0.4, -0.2) is 29.8 Å². The average molecular weight is 362 g/mol. The first-order valence-electron chi connectivity index (χ1n) is 10.3. The third kappa shape index (κ3) is 6.98. The van der Waals surface area contributed by atoms with E-state index in [-0.39, 0.29) is 0 Å². The molecule has 25 heavy (non-hydrogen) atoms. The van der Waals surface area contributed by atoms with Gasteiger partial charge in [-0.15, -0.1) is 11.8 Å². The third-order valence-corrected chi connectivity index (χ3v) is 6.98. The third-order valence-electron chi connectivity index (χ3n) is 5.72. The van der Waals surface area contributed by atoms with E-state index in [9.17, 15) is 0 Å². The second kappa shape index (κ2) is 9.46. The molecule has 0 saturated carbocycles. The fraction of sp³-hybridized carbons (Fsp3) is 0.739. The van der Waals surface area contributed by atoms with E-state index in [0.29, 0.717) is 10.7 Å². The van der Waals surface area contributed by atoms with Gasteiger partial charge < -0.3 is 4.90 Å². The van der Waals surface area contributed by atoms with Crippen molar-refractivity contribution in [2.45, 2.75) is 77.4 Å². The van der Waals surface area contributed by atoms with Gasteiger partial charge in [-0.1, -0.05) is 53.7 Å². The SMILES string of the molecule is CCC(C)Sc1cccc(CC(C)(C)CN2CCC(C(C)C)CC2)c1. The van der Waals surface area contributed by atoms with Crippen molar-refractivity contribution in [3.63, 3.8) is 0 Å². The van der Waals surface area contributed by atoms with Gasteiger partial charge in [0.25, 0.3) is 0 Å². The molecule has 1 unspecified atom stereocenters. The Hall–Kier alpha value is -0.470. The quantitative estimate of drug-likeness (QED) is 0.485. The Kier molecular flexibility index (Phi) is 7.89. The Morgan fingerprint density at radius 1 is 1.16 bits per heavy atom. The van der Waals surface area contributed by atoms with Crippen LogP contribution in [0.25, 0.3) is 0 Å². The van der Waals surface area contributed by atoms with Gasteiger partial charge in [0.05, 0.1) is 0 Å². The molecule has 1 aromatic carbocycles. The molecule has 1 fully saturated rings. The van der Waals surface area contributed by atoms with Crippen LogP contribution in [0.2, 0.25) is 0 Å². The monoisotopic (exact) mass is 361 g/mol. The molecule has 1 aliphatic rings. The van der Waals surface area contributed by atoms with E-state index in [1.807, 2.05) is 11.8 Å².